The van der Waals surface area contributed by atoms with Crippen LogP contribution in [0.25, 0.3) is 0 Å². The second kappa shape index (κ2) is 7.64. The van der Waals surface area contributed by atoms with Gasteiger partial charge >= 0.3 is 0 Å². The Morgan fingerprint density at radius 1 is 1.00 bits per heavy atom. The molecule has 2 aliphatic rings. The van der Waals surface area contributed by atoms with Gasteiger partial charge in [0.25, 0.3) is 0 Å². The molecule has 0 radical (unpaired) electrons. The first kappa shape index (κ1) is 15.3. The Hall–Kier alpha value is -0.0800. The Balaban J connectivity index is 1.63. The van der Waals surface area contributed by atoms with Gasteiger partial charge in [-0.2, -0.15) is 0 Å². The number of nitrogens with two attached hydrogens (primary N) is 1. The standard InChI is InChI=1S/C17H34N2/c1-13-8-15-9-16(11-17(10-15)14(13)2)12-19-7-5-3-4-6-18/h13-17,19H,3-12,18H2,1-2H3. The topological polar surface area (TPSA) is 38.0 Å². The van der Waals surface area contributed by atoms with Gasteiger partial charge in [0.05, 0.1) is 0 Å². The highest BCUT2D eigenvalue weighted by Crippen LogP contribution is 2.47. The predicted octanol–water partition coefficient (Wildman–Crippen LogP) is 3.41. The van der Waals surface area contributed by atoms with Crippen molar-refractivity contribution in [1.82, 2.24) is 5.32 Å². The lowest BCUT2D eigenvalue weighted by molar-refractivity contribution is 0.0514. The van der Waals surface area contributed by atoms with E-state index in [9.17, 15) is 0 Å². The molecular formula is C17H34N2. The van der Waals surface area contributed by atoms with Crippen molar-refractivity contribution in [2.24, 2.45) is 35.3 Å². The molecule has 0 amide bonds. The lowest BCUT2D eigenvalue weighted by atomic mass is 9.60. The Morgan fingerprint density at radius 2 is 1.84 bits per heavy atom. The molecule has 2 nitrogen and oxygen atoms in total. The van der Waals surface area contributed by atoms with E-state index in [2.05, 4.69) is 19.2 Å². The molecule has 2 fully saturated rings. The fourth-order valence-corrected chi connectivity index (χ4v) is 4.49. The predicted molar refractivity (Wildman–Crippen MR) is 83.0 cm³/mol. The van der Waals surface area contributed by atoms with E-state index in [-0.39, 0.29) is 0 Å². The molecule has 0 aromatic heterocycles. The second-order valence-electron chi connectivity index (χ2n) is 7.32. The summed E-state index contributed by atoms with van der Waals surface area (Å²) in [4.78, 5) is 0. The van der Waals surface area contributed by atoms with Crippen LogP contribution in [0.2, 0.25) is 0 Å². The van der Waals surface area contributed by atoms with Crippen molar-refractivity contribution in [3.63, 3.8) is 0 Å². The van der Waals surface area contributed by atoms with Gasteiger partial charge in [0.15, 0.2) is 0 Å². The quantitative estimate of drug-likeness (QED) is 0.693. The fourth-order valence-electron chi connectivity index (χ4n) is 4.49. The van der Waals surface area contributed by atoms with Crippen molar-refractivity contribution in [2.45, 2.75) is 58.8 Å². The normalized spacial score (nSPS) is 38.4. The number of unbranched alkanes of at least 4 members (excludes halogenated alkanes) is 2. The average molecular weight is 266 g/mol. The van der Waals surface area contributed by atoms with E-state index in [1.165, 1.54) is 58.0 Å². The second-order valence-corrected chi connectivity index (χ2v) is 7.32. The molecule has 0 aliphatic heterocycles. The zero-order valence-corrected chi connectivity index (χ0v) is 13.0. The number of hydrogen-bond acceptors (Lipinski definition) is 2. The van der Waals surface area contributed by atoms with Gasteiger partial charge < -0.3 is 11.1 Å². The van der Waals surface area contributed by atoms with Crippen molar-refractivity contribution in [2.75, 3.05) is 19.6 Å². The van der Waals surface area contributed by atoms with Crippen molar-refractivity contribution in [1.29, 1.82) is 0 Å². The Labute approximate surface area is 119 Å². The first-order chi connectivity index (χ1) is 9.20. The van der Waals surface area contributed by atoms with E-state index in [1.807, 2.05) is 0 Å². The summed E-state index contributed by atoms with van der Waals surface area (Å²) in [7, 11) is 0. The summed E-state index contributed by atoms with van der Waals surface area (Å²) in [5.74, 6) is 4.94. The molecular weight excluding hydrogens is 232 g/mol. The first-order valence-corrected chi connectivity index (χ1v) is 8.61. The van der Waals surface area contributed by atoms with Gasteiger partial charge in [-0.1, -0.05) is 20.3 Å². The molecule has 0 aromatic carbocycles. The molecule has 5 atom stereocenters. The van der Waals surface area contributed by atoms with Crippen LogP contribution in [0.3, 0.4) is 0 Å². The molecule has 2 rings (SSSR count). The van der Waals surface area contributed by atoms with Gasteiger partial charge in [0.2, 0.25) is 0 Å². The van der Waals surface area contributed by atoms with E-state index in [4.69, 9.17) is 5.73 Å². The third kappa shape index (κ3) is 4.46. The maximum absolute atomic E-state index is 5.52. The van der Waals surface area contributed by atoms with E-state index in [1.54, 1.807) is 0 Å². The van der Waals surface area contributed by atoms with Crippen LogP contribution in [0.5, 0.6) is 0 Å². The SMILES string of the molecule is CC1CC2CC(CNCCCCCN)CC(C2)C1C. The maximum Gasteiger partial charge on any atom is -0.00203 e. The van der Waals surface area contributed by atoms with Crippen molar-refractivity contribution in [3.05, 3.63) is 0 Å². The molecule has 0 saturated heterocycles. The lowest BCUT2D eigenvalue weighted by Crippen LogP contribution is -2.39. The lowest BCUT2D eigenvalue weighted by Gasteiger charge is -2.46. The molecule has 3 N–H and O–H groups in total. The fraction of sp³-hybridized carbons (Fsp3) is 1.00. The largest absolute Gasteiger partial charge is 0.330 e. The number of nitrogens with one attached hydrogen (secondary N) is 1. The summed E-state index contributed by atoms with van der Waals surface area (Å²) in [5, 5.41) is 3.69. The third-order valence-corrected chi connectivity index (χ3v) is 5.78. The molecule has 112 valence electrons. The summed E-state index contributed by atoms with van der Waals surface area (Å²) in [6, 6.07) is 0. The minimum Gasteiger partial charge on any atom is -0.330 e. The molecule has 2 saturated carbocycles. The van der Waals surface area contributed by atoms with Crippen LogP contribution >= 0.6 is 0 Å². The van der Waals surface area contributed by atoms with Crippen LogP contribution < -0.4 is 11.1 Å². The van der Waals surface area contributed by atoms with Crippen molar-refractivity contribution < 1.29 is 0 Å². The average Bonchev–Trinajstić information content (AvgIpc) is 2.40. The highest BCUT2D eigenvalue weighted by Gasteiger charge is 2.38. The van der Waals surface area contributed by atoms with Crippen LogP contribution in [0, 0.1) is 29.6 Å². The van der Waals surface area contributed by atoms with Crippen LogP contribution in [0.15, 0.2) is 0 Å². The third-order valence-electron chi connectivity index (χ3n) is 5.78. The Bertz CT molecular complexity index is 252. The number of hydrogen-bond donors (Lipinski definition) is 2. The highest BCUT2D eigenvalue weighted by atomic mass is 14.9. The molecule has 2 aliphatic carbocycles. The molecule has 0 spiro atoms. The van der Waals surface area contributed by atoms with Crippen LogP contribution in [-0.2, 0) is 0 Å². The zero-order chi connectivity index (χ0) is 13.7. The summed E-state index contributed by atoms with van der Waals surface area (Å²) in [6.07, 6.45) is 9.76. The minimum atomic E-state index is 0.849. The zero-order valence-electron chi connectivity index (χ0n) is 13.0. The molecule has 19 heavy (non-hydrogen) atoms. The highest BCUT2D eigenvalue weighted by molar-refractivity contribution is 4.89. The van der Waals surface area contributed by atoms with Gasteiger partial charge in [-0.3, -0.25) is 0 Å². The minimum absolute atomic E-state index is 0.849. The molecule has 5 unspecified atom stereocenters. The van der Waals surface area contributed by atoms with Crippen molar-refractivity contribution in [3.8, 4) is 0 Å². The molecule has 2 bridgehead atoms. The van der Waals surface area contributed by atoms with Gasteiger partial charge in [0, 0.05) is 0 Å². The number of rotatable bonds is 7. The summed E-state index contributed by atoms with van der Waals surface area (Å²) >= 11 is 0. The van der Waals surface area contributed by atoms with Crippen molar-refractivity contribution >= 4 is 0 Å². The van der Waals surface area contributed by atoms with E-state index >= 15 is 0 Å². The van der Waals surface area contributed by atoms with E-state index < -0.39 is 0 Å². The van der Waals surface area contributed by atoms with Gasteiger partial charge in [0.1, 0.15) is 0 Å². The summed E-state index contributed by atoms with van der Waals surface area (Å²) < 4.78 is 0. The van der Waals surface area contributed by atoms with Crippen LogP contribution in [0.1, 0.15) is 58.8 Å². The summed E-state index contributed by atoms with van der Waals surface area (Å²) in [6.45, 7) is 8.27. The van der Waals surface area contributed by atoms with Gasteiger partial charge in [-0.25, -0.2) is 0 Å². The smallest absolute Gasteiger partial charge is 0.00203 e. The van der Waals surface area contributed by atoms with Gasteiger partial charge in [-0.15, -0.1) is 0 Å². The van der Waals surface area contributed by atoms with Gasteiger partial charge in [-0.05, 0) is 87.7 Å². The first-order valence-electron chi connectivity index (χ1n) is 8.61. The Kier molecular flexibility index (Phi) is 6.15. The monoisotopic (exact) mass is 266 g/mol. The molecule has 0 aromatic rings. The van der Waals surface area contributed by atoms with Crippen LogP contribution in [0.4, 0.5) is 0 Å². The molecule has 0 heterocycles. The van der Waals surface area contributed by atoms with E-state index in [0.717, 1.165) is 36.1 Å². The van der Waals surface area contributed by atoms with Crippen LogP contribution in [-0.4, -0.2) is 19.6 Å². The maximum atomic E-state index is 5.52. The molecule has 2 heteroatoms. The Morgan fingerprint density at radius 3 is 2.63 bits per heavy atom. The summed E-state index contributed by atoms with van der Waals surface area (Å²) in [5.41, 5.74) is 5.52. The number of fused-ring (bicyclic) bond motifs is 2. The van der Waals surface area contributed by atoms with E-state index in [0.29, 0.717) is 0 Å².